The van der Waals surface area contributed by atoms with Crippen LogP contribution in [0.15, 0.2) is 41.0 Å². The average molecular weight is 343 g/mol. The van der Waals surface area contributed by atoms with Gasteiger partial charge in [0.1, 0.15) is 18.5 Å². The fourth-order valence-corrected chi connectivity index (χ4v) is 1.89. The molecule has 0 aliphatic carbocycles. The molecule has 0 spiro atoms. The highest BCUT2D eigenvalue weighted by Crippen LogP contribution is 2.30. The Morgan fingerprint density at radius 2 is 1.96 bits per heavy atom. The number of carbonyl (C=O) groups is 1. The number of alkyl halides is 3. The van der Waals surface area contributed by atoms with Crippen LogP contribution in [0.3, 0.4) is 0 Å². The molecule has 1 unspecified atom stereocenters. The van der Waals surface area contributed by atoms with Gasteiger partial charge in [0.05, 0.1) is 11.8 Å². The molecule has 1 amide bonds. The number of aryl methyl sites for hydroxylation is 1. The van der Waals surface area contributed by atoms with Crippen LogP contribution in [0.5, 0.6) is 5.75 Å². The Balaban J connectivity index is 1.78. The molecule has 5 nitrogen and oxygen atoms in total. The highest BCUT2D eigenvalue weighted by molar-refractivity contribution is 5.92. The molecule has 1 aromatic heterocycles. The number of carbonyl (C=O) groups excluding carboxylic acids is 1. The van der Waals surface area contributed by atoms with Gasteiger partial charge in [-0.25, -0.2) is 0 Å². The van der Waals surface area contributed by atoms with Crippen LogP contribution in [0.4, 0.5) is 13.2 Å². The summed E-state index contributed by atoms with van der Waals surface area (Å²) in [6.07, 6.45) is -4.05. The lowest BCUT2D eigenvalue weighted by Crippen LogP contribution is -2.35. The van der Waals surface area contributed by atoms with Gasteiger partial charge in [-0.15, -0.1) is 0 Å². The first kappa shape index (κ1) is 17.9. The SMILES string of the molecule is Cc1ccoc1C(=O)NCC(O)COc1ccc(C(F)(F)F)cc1. The Morgan fingerprint density at radius 1 is 1.29 bits per heavy atom. The molecule has 2 aromatic rings. The molecule has 1 aromatic carbocycles. The van der Waals surface area contributed by atoms with Crippen molar-refractivity contribution in [2.45, 2.75) is 19.2 Å². The lowest BCUT2D eigenvalue weighted by atomic mass is 10.2. The zero-order valence-electron chi connectivity index (χ0n) is 12.8. The van der Waals surface area contributed by atoms with Crippen LogP contribution < -0.4 is 10.1 Å². The number of amides is 1. The van der Waals surface area contributed by atoms with E-state index in [4.69, 9.17) is 9.15 Å². The maximum Gasteiger partial charge on any atom is 0.416 e. The summed E-state index contributed by atoms with van der Waals surface area (Å²) in [5.74, 6) is -0.118. The van der Waals surface area contributed by atoms with Gasteiger partial charge >= 0.3 is 6.18 Å². The first-order valence-electron chi connectivity index (χ1n) is 7.08. The number of hydrogen-bond acceptors (Lipinski definition) is 4. The quantitative estimate of drug-likeness (QED) is 0.846. The highest BCUT2D eigenvalue weighted by Gasteiger charge is 2.30. The van der Waals surface area contributed by atoms with Gasteiger partial charge in [0, 0.05) is 12.1 Å². The first-order chi connectivity index (χ1) is 11.3. The average Bonchev–Trinajstić information content (AvgIpc) is 2.96. The molecule has 0 aliphatic rings. The summed E-state index contributed by atoms with van der Waals surface area (Å²) in [7, 11) is 0. The summed E-state index contributed by atoms with van der Waals surface area (Å²) in [5.41, 5.74) is -0.112. The topological polar surface area (TPSA) is 71.7 Å². The number of benzene rings is 1. The van der Waals surface area contributed by atoms with Gasteiger partial charge in [0.2, 0.25) is 0 Å². The Kier molecular flexibility index (Phi) is 5.50. The molecule has 0 bridgehead atoms. The number of aliphatic hydroxyl groups excluding tert-OH is 1. The van der Waals surface area contributed by atoms with Crippen molar-refractivity contribution in [2.24, 2.45) is 0 Å². The fraction of sp³-hybridized carbons (Fsp3) is 0.312. The van der Waals surface area contributed by atoms with Crippen LogP contribution in [0.25, 0.3) is 0 Å². The number of aliphatic hydroxyl groups is 1. The van der Waals surface area contributed by atoms with E-state index in [1.165, 1.54) is 18.4 Å². The Labute approximate surface area is 136 Å². The van der Waals surface area contributed by atoms with Gasteiger partial charge in [-0.2, -0.15) is 13.2 Å². The zero-order valence-corrected chi connectivity index (χ0v) is 12.8. The normalized spacial score (nSPS) is 12.7. The monoisotopic (exact) mass is 343 g/mol. The van der Waals surface area contributed by atoms with Crippen molar-refractivity contribution in [3.05, 3.63) is 53.5 Å². The molecular weight excluding hydrogens is 327 g/mol. The molecule has 2 N–H and O–H groups in total. The predicted molar refractivity (Wildman–Crippen MR) is 78.7 cm³/mol. The number of halogens is 3. The van der Waals surface area contributed by atoms with Gasteiger partial charge in [0.15, 0.2) is 5.76 Å². The smallest absolute Gasteiger partial charge is 0.416 e. The lowest BCUT2D eigenvalue weighted by molar-refractivity contribution is -0.137. The third-order valence-corrected chi connectivity index (χ3v) is 3.19. The maximum atomic E-state index is 12.4. The Hall–Kier alpha value is -2.48. The van der Waals surface area contributed by atoms with Crippen LogP contribution in [0.2, 0.25) is 0 Å². The van der Waals surface area contributed by atoms with E-state index in [2.05, 4.69) is 5.32 Å². The first-order valence-corrected chi connectivity index (χ1v) is 7.08. The number of rotatable bonds is 6. The number of furan rings is 1. The number of hydrogen-bond donors (Lipinski definition) is 2. The van der Waals surface area contributed by atoms with Crippen molar-refractivity contribution in [1.82, 2.24) is 5.32 Å². The van der Waals surface area contributed by atoms with Crippen molar-refractivity contribution in [3.63, 3.8) is 0 Å². The third-order valence-electron chi connectivity index (χ3n) is 3.19. The van der Waals surface area contributed by atoms with Crippen LogP contribution in [0, 0.1) is 6.92 Å². The fourth-order valence-electron chi connectivity index (χ4n) is 1.89. The van der Waals surface area contributed by atoms with E-state index in [-0.39, 0.29) is 24.7 Å². The molecule has 8 heteroatoms. The van der Waals surface area contributed by atoms with Gasteiger partial charge < -0.3 is 19.6 Å². The van der Waals surface area contributed by atoms with E-state index in [0.29, 0.717) is 5.56 Å². The lowest BCUT2D eigenvalue weighted by Gasteiger charge is -2.13. The minimum atomic E-state index is -4.41. The molecule has 0 saturated heterocycles. The molecule has 0 aliphatic heterocycles. The van der Waals surface area contributed by atoms with E-state index < -0.39 is 23.8 Å². The van der Waals surface area contributed by atoms with Gasteiger partial charge in [-0.05, 0) is 37.3 Å². The van der Waals surface area contributed by atoms with Crippen molar-refractivity contribution < 1.29 is 32.2 Å². The van der Waals surface area contributed by atoms with Gasteiger partial charge in [-0.1, -0.05) is 0 Å². The summed E-state index contributed by atoms with van der Waals surface area (Å²) in [6.45, 7) is 1.45. The molecule has 24 heavy (non-hydrogen) atoms. The minimum Gasteiger partial charge on any atom is -0.491 e. The maximum absolute atomic E-state index is 12.4. The predicted octanol–water partition coefficient (Wildman–Crippen LogP) is 2.78. The van der Waals surface area contributed by atoms with Crippen molar-refractivity contribution in [3.8, 4) is 5.75 Å². The summed E-state index contributed by atoms with van der Waals surface area (Å²) in [4.78, 5) is 11.8. The minimum absolute atomic E-state index is 0.0837. The van der Waals surface area contributed by atoms with Crippen molar-refractivity contribution in [2.75, 3.05) is 13.2 Å². The van der Waals surface area contributed by atoms with Crippen LogP contribution >= 0.6 is 0 Å². The zero-order chi connectivity index (χ0) is 17.7. The van der Waals surface area contributed by atoms with Crippen molar-refractivity contribution >= 4 is 5.91 Å². The summed E-state index contributed by atoms with van der Waals surface area (Å²) < 4.78 is 47.5. The van der Waals surface area contributed by atoms with E-state index in [1.807, 2.05) is 0 Å². The summed E-state index contributed by atoms with van der Waals surface area (Å²) in [5, 5.41) is 12.2. The van der Waals surface area contributed by atoms with Crippen molar-refractivity contribution in [1.29, 1.82) is 0 Å². The molecule has 0 fully saturated rings. The standard InChI is InChI=1S/C16H16F3NO4/c1-10-6-7-23-14(10)15(22)20-8-12(21)9-24-13-4-2-11(3-5-13)16(17,18)19/h2-7,12,21H,8-9H2,1H3,(H,20,22). The molecule has 0 saturated carbocycles. The molecule has 0 radical (unpaired) electrons. The summed E-state index contributed by atoms with van der Waals surface area (Å²) >= 11 is 0. The van der Waals surface area contributed by atoms with Crippen LogP contribution in [0.1, 0.15) is 21.7 Å². The molecule has 1 heterocycles. The van der Waals surface area contributed by atoms with E-state index in [1.54, 1.807) is 13.0 Å². The highest BCUT2D eigenvalue weighted by atomic mass is 19.4. The summed E-state index contributed by atoms with van der Waals surface area (Å²) in [6, 6.07) is 5.76. The number of ether oxygens (including phenoxy) is 1. The largest absolute Gasteiger partial charge is 0.491 e. The molecule has 2 rings (SSSR count). The van der Waals surface area contributed by atoms with Crippen LogP contribution in [-0.2, 0) is 6.18 Å². The van der Waals surface area contributed by atoms with E-state index in [9.17, 15) is 23.1 Å². The number of nitrogens with one attached hydrogen (secondary N) is 1. The second-order valence-corrected chi connectivity index (χ2v) is 5.13. The van der Waals surface area contributed by atoms with E-state index in [0.717, 1.165) is 12.1 Å². The van der Waals surface area contributed by atoms with Gasteiger partial charge in [0.25, 0.3) is 5.91 Å². The van der Waals surface area contributed by atoms with Crippen LogP contribution in [-0.4, -0.2) is 30.3 Å². The third kappa shape index (κ3) is 4.76. The Morgan fingerprint density at radius 3 is 2.50 bits per heavy atom. The second kappa shape index (κ2) is 7.39. The molecule has 130 valence electrons. The Bertz CT molecular complexity index is 679. The molecule has 1 atom stereocenters. The second-order valence-electron chi connectivity index (χ2n) is 5.13. The molecular formula is C16H16F3NO4. The van der Waals surface area contributed by atoms with Gasteiger partial charge in [-0.3, -0.25) is 4.79 Å². The van der Waals surface area contributed by atoms with E-state index >= 15 is 0 Å².